The van der Waals surface area contributed by atoms with Gasteiger partial charge >= 0.3 is 0 Å². The molecule has 0 unspecified atom stereocenters. The van der Waals surface area contributed by atoms with Gasteiger partial charge in [0.05, 0.1) is 5.69 Å². The molecule has 0 bridgehead atoms. The van der Waals surface area contributed by atoms with Crippen LogP contribution in [0, 0.1) is 0 Å². The number of benzene rings is 2. The van der Waals surface area contributed by atoms with Gasteiger partial charge in [-0.2, -0.15) is 0 Å². The number of halogens is 1. The van der Waals surface area contributed by atoms with E-state index in [9.17, 15) is 0 Å². The fourth-order valence-corrected chi connectivity index (χ4v) is 1.80. The van der Waals surface area contributed by atoms with Crippen molar-refractivity contribution >= 4 is 33.5 Å². The Balaban J connectivity index is 2.11. The Bertz CT molecular complexity index is 527. The fraction of sp³-hybridized carbons (Fsp3) is 0.133. The van der Waals surface area contributed by atoms with E-state index in [1.54, 1.807) is 0 Å². The molecule has 18 heavy (non-hydrogen) atoms. The van der Waals surface area contributed by atoms with Crippen molar-refractivity contribution in [1.29, 1.82) is 0 Å². The first-order valence-corrected chi connectivity index (χ1v) is 6.51. The SMILES string of the molecule is CN(C)c1ccc(N=Cc2ccc(Br)cc2)cc1. The molecule has 0 saturated carbocycles. The highest BCUT2D eigenvalue weighted by molar-refractivity contribution is 9.10. The highest BCUT2D eigenvalue weighted by Gasteiger charge is 1.94. The van der Waals surface area contributed by atoms with Crippen LogP contribution in [0.4, 0.5) is 11.4 Å². The summed E-state index contributed by atoms with van der Waals surface area (Å²) in [4.78, 5) is 6.52. The number of aliphatic imine (C=N–C) groups is 1. The van der Waals surface area contributed by atoms with Crippen molar-refractivity contribution in [3.05, 3.63) is 58.6 Å². The number of anilines is 1. The Morgan fingerprint density at radius 1 is 0.944 bits per heavy atom. The smallest absolute Gasteiger partial charge is 0.0631 e. The molecule has 0 fully saturated rings. The Labute approximate surface area is 116 Å². The summed E-state index contributed by atoms with van der Waals surface area (Å²) in [5.74, 6) is 0. The van der Waals surface area contributed by atoms with Crippen molar-refractivity contribution < 1.29 is 0 Å². The average Bonchev–Trinajstić information content (AvgIpc) is 2.38. The summed E-state index contributed by atoms with van der Waals surface area (Å²) < 4.78 is 1.08. The molecular formula is C15H15BrN2. The molecule has 0 heterocycles. The summed E-state index contributed by atoms with van der Waals surface area (Å²) in [7, 11) is 4.06. The van der Waals surface area contributed by atoms with E-state index in [1.807, 2.05) is 56.7 Å². The average molecular weight is 303 g/mol. The van der Waals surface area contributed by atoms with E-state index >= 15 is 0 Å². The molecule has 2 aromatic carbocycles. The van der Waals surface area contributed by atoms with Crippen molar-refractivity contribution in [2.75, 3.05) is 19.0 Å². The van der Waals surface area contributed by atoms with Crippen LogP contribution in [-0.4, -0.2) is 20.3 Å². The maximum absolute atomic E-state index is 4.45. The largest absolute Gasteiger partial charge is 0.378 e. The Hall–Kier alpha value is -1.61. The molecule has 3 heteroatoms. The standard InChI is InChI=1S/C15H15BrN2/c1-18(2)15-9-7-14(8-10-15)17-11-12-3-5-13(16)6-4-12/h3-11H,1-2H3. The molecule has 92 valence electrons. The van der Waals surface area contributed by atoms with Crippen molar-refractivity contribution in [2.45, 2.75) is 0 Å². The van der Waals surface area contributed by atoms with Crippen LogP contribution in [-0.2, 0) is 0 Å². The Kier molecular flexibility index (Phi) is 4.15. The van der Waals surface area contributed by atoms with Crippen LogP contribution in [0.15, 0.2) is 58.0 Å². The first-order valence-electron chi connectivity index (χ1n) is 5.72. The van der Waals surface area contributed by atoms with Crippen LogP contribution in [0.25, 0.3) is 0 Å². The van der Waals surface area contributed by atoms with E-state index in [2.05, 4.69) is 38.0 Å². The van der Waals surface area contributed by atoms with E-state index in [4.69, 9.17) is 0 Å². The summed E-state index contributed by atoms with van der Waals surface area (Å²) in [5.41, 5.74) is 3.23. The predicted molar refractivity (Wildman–Crippen MR) is 82.2 cm³/mol. The van der Waals surface area contributed by atoms with E-state index in [0.717, 1.165) is 15.7 Å². The lowest BCUT2D eigenvalue weighted by Gasteiger charge is -2.11. The topological polar surface area (TPSA) is 15.6 Å². The molecule has 0 aromatic heterocycles. The van der Waals surface area contributed by atoms with Crippen LogP contribution in [0.3, 0.4) is 0 Å². The number of rotatable bonds is 3. The minimum atomic E-state index is 0.962. The molecule has 0 radical (unpaired) electrons. The van der Waals surface area contributed by atoms with E-state index in [-0.39, 0.29) is 0 Å². The lowest BCUT2D eigenvalue weighted by Crippen LogP contribution is -2.07. The van der Waals surface area contributed by atoms with Gasteiger partial charge in [0.25, 0.3) is 0 Å². The van der Waals surface area contributed by atoms with Gasteiger partial charge < -0.3 is 4.90 Å². The lowest BCUT2D eigenvalue weighted by atomic mass is 10.2. The summed E-state index contributed by atoms with van der Waals surface area (Å²) in [5, 5.41) is 0. The molecule has 0 atom stereocenters. The third kappa shape index (κ3) is 3.44. The molecule has 0 spiro atoms. The summed E-state index contributed by atoms with van der Waals surface area (Å²) in [6.45, 7) is 0. The van der Waals surface area contributed by atoms with E-state index in [1.165, 1.54) is 5.69 Å². The number of hydrogen-bond donors (Lipinski definition) is 0. The first kappa shape index (κ1) is 12.8. The number of hydrogen-bond acceptors (Lipinski definition) is 2. The van der Waals surface area contributed by atoms with Crippen LogP contribution in [0.5, 0.6) is 0 Å². The summed E-state index contributed by atoms with van der Waals surface area (Å²) in [6.07, 6.45) is 1.87. The zero-order valence-corrected chi connectivity index (χ0v) is 12.1. The second kappa shape index (κ2) is 5.83. The minimum absolute atomic E-state index is 0.962. The third-order valence-corrected chi connectivity index (χ3v) is 3.13. The highest BCUT2D eigenvalue weighted by Crippen LogP contribution is 2.18. The molecule has 2 nitrogen and oxygen atoms in total. The minimum Gasteiger partial charge on any atom is -0.378 e. The van der Waals surface area contributed by atoms with E-state index in [0.29, 0.717) is 0 Å². The quantitative estimate of drug-likeness (QED) is 0.773. The molecule has 2 aromatic rings. The second-order valence-electron chi connectivity index (χ2n) is 4.22. The second-order valence-corrected chi connectivity index (χ2v) is 5.14. The van der Waals surface area contributed by atoms with Gasteiger partial charge in [0.2, 0.25) is 0 Å². The molecular weight excluding hydrogens is 288 g/mol. The van der Waals surface area contributed by atoms with Crippen LogP contribution in [0.2, 0.25) is 0 Å². The van der Waals surface area contributed by atoms with Gasteiger partial charge in [-0.3, -0.25) is 4.99 Å². The predicted octanol–water partition coefficient (Wildman–Crippen LogP) is 4.27. The van der Waals surface area contributed by atoms with Gasteiger partial charge in [0.1, 0.15) is 0 Å². The first-order chi connectivity index (χ1) is 8.65. The van der Waals surface area contributed by atoms with Crippen molar-refractivity contribution in [1.82, 2.24) is 0 Å². The van der Waals surface area contributed by atoms with Gasteiger partial charge in [0.15, 0.2) is 0 Å². The highest BCUT2D eigenvalue weighted by atomic mass is 79.9. The van der Waals surface area contributed by atoms with Crippen molar-refractivity contribution in [3.63, 3.8) is 0 Å². The van der Waals surface area contributed by atoms with Crippen LogP contribution in [0.1, 0.15) is 5.56 Å². The Morgan fingerprint density at radius 2 is 1.56 bits per heavy atom. The normalized spacial score (nSPS) is 10.8. The zero-order valence-electron chi connectivity index (χ0n) is 10.5. The van der Waals surface area contributed by atoms with Gasteiger partial charge in [-0.25, -0.2) is 0 Å². The monoisotopic (exact) mass is 302 g/mol. The van der Waals surface area contributed by atoms with Crippen molar-refractivity contribution in [2.24, 2.45) is 4.99 Å². The molecule has 0 aliphatic rings. The van der Waals surface area contributed by atoms with Gasteiger partial charge in [0, 0.05) is 30.5 Å². The molecule has 0 aliphatic heterocycles. The Morgan fingerprint density at radius 3 is 2.11 bits per heavy atom. The maximum atomic E-state index is 4.45. The van der Waals surface area contributed by atoms with E-state index < -0.39 is 0 Å². The maximum Gasteiger partial charge on any atom is 0.0631 e. The van der Waals surface area contributed by atoms with Crippen molar-refractivity contribution in [3.8, 4) is 0 Å². The number of nitrogens with zero attached hydrogens (tertiary/aromatic N) is 2. The van der Waals surface area contributed by atoms with Gasteiger partial charge in [-0.1, -0.05) is 28.1 Å². The van der Waals surface area contributed by atoms with Gasteiger partial charge in [-0.15, -0.1) is 0 Å². The molecule has 0 amide bonds. The fourth-order valence-electron chi connectivity index (χ4n) is 1.53. The molecule has 0 aliphatic carbocycles. The molecule has 2 rings (SSSR count). The molecule has 0 saturated heterocycles. The summed E-state index contributed by atoms with van der Waals surface area (Å²) >= 11 is 3.41. The lowest BCUT2D eigenvalue weighted by molar-refractivity contribution is 1.13. The van der Waals surface area contributed by atoms with Gasteiger partial charge in [-0.05, 0) is 42.0 Å². The summed E-state index contributed by atoms with van der Waals surface area (Å²) in [6, 6.07) is 16.2. The van der Waals surface area contributed by atoms with Crippen LogP contribution >= 0.6 is 15.9 Å². The molecule has 0 N–H and O–H groups in total. The van der Waals surface area contributed by atoms with Crippen LogP contribution < -0.4 is 4.90 Å². The third-order valence-electron chi connectivity index (χ3n) is 2.60. The zero-order chi connectivity index (χ0) is 13.0.